The maximum Gasteiger partial charge on any atom is 0.219 e. The van der Waals surface area contributed by atoms with Crippen LogP contribution in [0.25, 0.3) is 0 Å². The highest BCUT2D eigenvalue weighted by atomic mass is 16.1. The Labute approximate surface area is 98.6 Å². The van der Waals surface area contributed by atoms with Crippen LogP contribution in [0.2, 0.25) is 0 Å². The van der Waals surface area contributed by atoms with Gasteiger partial charge in [-0.1, -0.05) is 13.8 Å². The molecule has 1 fully saturated rings. The fourth-order valence-corrected chi connectivity index (χ4v) is 2.53. The average Bonchev–Trinajstić information content (AvgIpc) is 2.20. The molecular weight excluding hydrogens is 202 g/mol. The van der Waals surface area contributed by atoms with Crippen LogP contribution in [0, 0.1) is 5.92 Å². The number of nitrogens with two attached hydrogens (primary N) is 1. The van der Waals surface area contributed by atoms with E-state index in [4.69, 9.17) is 5.73 Å². The lowest BCUT2D eigenvalue weighted by Crippen LogP contribution is -2.54. The van der Waals surface area contributed by atoms with Crippen molar-refractivity contribution in [2.45, 2.75) is 38.6 Å². The highest BCUT2D eigenvalue weighted by Gasteiger charge is 2.34. The van der Waals surface area contributed by atoms with Crippen molar-refractivity contribution < 1.29 is 4.79 Å². The van der Waals surface area contributed by atoms with E-state index in [9.17, 15) is 4.79 Å². The number of primary amides is 1. The fourth-order valence-electron chi connectivity index (χ4n) is 2.53. The normalized spacial score (nSPS) is 21.2. The number of amides is 1. The molecule has 0 aromatic rings. The number of nitrogens with one attached hydrogen (secondary N) is 1. The van der Waals surface area contributed by atoms with E-state index in [1.165, 1.54) is 0 Å². The fraction of sp³-hybridized carbons (Fsp3) is 0.917. The van der Waals surface area contributed by atoms with E-state index in [0.717, 1.165) is 32.5 Å². The summed E-state index contributed by atoms with van der Waals surface area (Å²) in [5.74, 6) is 0.505. The van der Waals surface area contributed by atoms with Gasteiger partial charge in [0.05, 0.1) is 0 Å². The second-order valence-electron chi connectivity index (χ2n) is 5.37. The summed E-state index contributed by atoms with van der Waals surface area (Å²) in [5, 5.41) is 3.30. The summed E-state index contributed by atoms with van der Waals surface area (Å²) in [6, 6.07) is 0. The van der Waals surface area contributed by atoms with Gasteiger partial charge in [0.1, 0.15) is 0 Å². The Kier molecular flexibility index (Phi) is 4.74. The van der Waals surface area contributed by atoms with Crippen molar-refractivity contribution in [1.29, 1.82) is 0 Å². The number of likely N-dealkylation sites (tertiary alicyclic amines) is 1. The maximum atomic E-state index is 11.1. The molecule has 3 N–H and O–H groups in total. The van der Waals surface area contributed by atoms with Crippen LogP contribution in [-0.2, 0) is 4.79 Å². The van der Waals surface area contributed by atoms with Gasteiger partial charge in [0, 0.05) is 18.5 Å². The summed E-state index contributed by atoms with van der Waals surface area (Å²) in [6.45, 7) is 7.75. The maximum absolute atomic E-state index is 11.1. The molecule has 0 aromatic heterocycles. The first kappa shape index (κ1) is 13.5. The van der Waals surface area contributed by atoms with Gasteiger partial charge >= 0.3 is 0 Å². The van der Waals surface area contributed by atoms with Crippen LogP contribution in [0.5, 0.6) is 0 Å². The third kappa shape index (κ3) is 3.76. The van der Waals surface area contributed by atoms with Gasteiger partial charge in [-0.2, -0.15) is 0 Å². The monoisotopic (exact) mass is 227 g/mol. The third-order valence-corrected chi connectivity index (χ3v) is 3.48. The largest absolute Gasteiger partial charge is 0.370 e. The van der Waals surface area contributed by atoms with Gasteiger partial charge in [0.15, 0.2) is 0 Å². The van der Waals surface area contributed by atoms with Crippen molar-refractivity contribution in [2.75, 3.05) is 26.7 Å². The summed E-state index contributed by atoms with van der Waals surface area (Å²) in [6.07, 6.45) is 2.48. The average molecular weight is 227 g/mol. The second-order valence-corrected chi connectivity index (χ2v) is 5.37. The second kappa shape index (κ2) is 5.64. The van der Waals surface area contributed by atoms with Crippen LogP contribution >= 0.6 is 0 Å². The smallest absolute Gasteiger partial charge is 0.219 e. The molecule has 0 unspecified atom stereocenters. The first-order chi connectivity index (χ1) is 7.47. The van der Waals surface area contributed by atoms with Crippen LogP contribution in [0.4, 0.5) is 0 Å². The summed E-state index contributed by atoms with van der Waals surface area (Å²) in [4.78, 5) is 13.5. The molecule has 1 saturated heterocycles. The Morgan fingerprint density at radius 3 is 2.38 bits per heavy atom. The molecule has 1 heterocycles. The zero-order chi connectivity index (χ0) is 12.2. The molecule has 0 aliphatic carbocycles. The molecule has 4 nitrogen and oxygen atoms in total. The molecule has 1 aliphatic rings. The van der Waals surface area contributed by atoms with Crippen LogP contribution in [-0.4, -0.2) is 43.0 Å². The number of nitrogens with zero attached hydrogens (tertiary/aromatic N) is 1. The Hall–Kier alpha value is -0.610. The number of piperidine rings is 1. The number of hydrogen-bond acceptors (Lipinski definition) is 3. The molecule has 0 saturated carbocycles. The molecule has 0 atom stereocenters. The van der Waals surface area contributed by atoms with Gasteiger partial charge < -0.3 is 16.0 Å². The lowest BCUT2D eigenvalue weighted by Gasteiger charge is -2.41. The Morgan fingerprint density at radius 2 is 2.00 bits per heavy atom. The van der Waals surface area contributed by atoms with E-state index in [0.29, 0.717) is 12.3 Å². The van der Waals surface area contributed by atoms with Gasteiger partial charge in [0.2, 0.25) is 5.91 Å². The molecule has 0 bridgehead atoms. The molecule has 0 radical (unpaired) electrons. The van der Waals surface area contributed by atoms with Crippen LogP contribution in [0.1, 0.15) is 33.1 Å². The van der Waals surface area contributed by atoms with E-state index in [-0.39, 0.29) is 11.4 Å². The van der Waals surface area contributed by atoms with E-state index in [1.54, 1.807) is 0 Å². The highest BCUT2D eigenvalue weighted by Crippen LogP contribution is 2.25. The Balaban J connectivity index is 2.47. The lowest BCUT2D eigenvalue weighted by molar-refractivity contribution is -0.120. The Bertz CT molecular complexity index is 232. The first-order valence-corrected chi connectivity index (χ1v) is 6.17. The van der Waals surface area contributed by atoms with E-state index in [2.05, 4.69) is 24.1 Å². The minimum atomic E-state index is -0.202. The van der Waals surface area contributed by atoms with E-state index < -0.39 is 0 Å². The molecule has 0 spiro atoms. The SMILES string of the molecule is CNC1(CC(N)=O)CCN(CC(C)C)CC1. The zero-order valence-corrected chi connectivity index (χ0v) is 10.8. The highest BCUT2D eigenvalue weighted by molar-refractivity contribution is 5.75. The summed E-state index contributed by atoms with van der Waals surface area (Å²) < 4.78 is 0. The molecule has 1 aliphatic heterocycles. The topological polar surface area (TPSA) is 58.4 Å². The minimum Gasteiger partial charge on any atom is -0.370 e. The predicted octanol–water partition coefficient (Wildman–Crippen LogP) is 0.572. The molecule has 4 heteroatoms. The van der Waals surface area contributed by atoms with Gasteiger partial charge in [-0.3, -0.25) is 4.79 Å². The van der Waals surface area contributed by atoms with Crippen LogP contribution < -0.4 is 11.1 Å². The van der Waals surface area contributed by atoms with Crippen molar-refractivity contribution in [2.24, 2.45) is 11.7 Å². The summed E-state index contributed by atoms with van der Waals surface area (Å²) >= 11 is 0. The molecular formula is C12H25N3O. The number of carbonyl (C=O) groups excluding carboxylic acids is 1. The van der Waals surface area contributed by atoms with Crippen molar-refractivity contribution in [3.05, 3.63) is 0 Å². The summed E-state index contributed by atoms with van der Waals surface area (Å²) in [5.41, 5.74) is 5.25. The first-order valence-electron chi connectivity index (χ1n) is 6.17. The van der Waals surface area contributed by atoms with Crippen molar-refractivity contribution in [3.8, 4) is 0 Å². The van der Waals surface area contributed by atoms with Gasteiger partial charge in [-0.25, -0.2) is 0 Å². The molecule has 94 valence electrons. The molecule has 0 aromatic carbocycles. The van der Waals surface area contributed by atoms with Crippen LogP contribution in [0.15, 0.2) is 0 Å². The van der Waals surface area contributed by atoms with Gasteiger partial charge in [-0.05, 0) is 38.9 Å². The summed E-state index contributed by atoms with van der Waals surface area (Å²) in [7, 11) is 1.93. The third-order valence-electron chi connectivity index (χ3n) is 3.48. The standard InChI is InChI=1S/C12H25N3O/c1-10(2)9-15-6-4-12(14-3,5-7-15)8-11(13)16/h10,14H,4-9H2,1-3H3,(H2,13,16). The predicted molar refractivity (Wildman–Crippen MR) is 66.1 cm³/mol. The number of hydrogen-bond donors (Lipinski definition) is 2. The molecule has 1 rings (SSSR count). The van der Waals surface area contributed by atoms with Gasteiger partial charge in [-0.15, -0.1) is 0 Å². The zero-order valence-electron chi connectivity index (χ0n) is 10.8. The Morgan fingerprint density at radius 1 is 1.44 bits per heavy atom. The van der Waals surface area contributed by atoms with Crippen molar-refractivity contribution in [1.82, 2.24) is 10.2 Å². The van der Waals surface area contributed by atoms with Crippen molar-refractivity contribution in [3.63, 3.8) is 0 Å². The van der Waals surface area contributed by atoms with Crippen LogP contribution in [0.3, 0.4) is 0 Å². The van der Waals surface area contributed by atoms with Gasteiger partial charge in [0.25, 0.3) is 0 Å². The lowest BCUT2D eigenvalue weighted by atomic mass is 9.84. The van der Waals surface area contributed by atoms with Crippen molar-refractivity contribution >= 4 is 5.91 Å². The van der Waals surface area contributed by atoms with E-state index in [1.807, 2.05) is 7.05 Å². The number of rotatable bonds is 5. The quantitative estimate of drug-likeness (QED) is 0.722. The molecule has 16 heavy (non-hydrogen) atoms. The number of carbonyl (C=O) groups is 1. The minimum absolute atomic E-state index is 0.0562. The molecule has 1 amide bonds. The van der Waals surface area contributed by atoms with E-state index >= 15 is 0 Å².